The Labute approximate surface area is 398 Å². The topological polar surface area (TPSA) is 154 Å². The summed E-state index contributed by atoms with van der Waals surface area (Å²) < 4.78 is 38.0. The lowest BCUT2D eigenvalue weighted by molar-refractivity contribution is 0.307. The number of nitrogens with zero attached hydrogens (tertiary/aromatic N) is 6. The van der Waals surface area contributed by atoms with Gasteiger partial charge in [-0.15, -0.1) is 30.0 Å². The van der Waals surface area contributed by atoms with Gasteiger partial charge in [-0.3, -0.25) is 0 Å². The van der Waals surface area contributed by atoms with E-state index in [2.05, 4.69) is 61.9 Å². The molecule has 0 aliphatic heterocycles. The van der Waals surface area contributed by atoms with E-state index in [4.69, 9.17) is 21.1 Å². The highest BCUT2D eigenvalue weighted by molar-refractivity contribution is 7.91. The molecule has 2 N–H and O–H groups in total. The van der Waals surface area contributed by atoms with E-state index in [-0.39, 0.29) is 33.0 Å². The van der Waals surface area contributed by atoms with E-state index in [1.165, 1.54) is 54.5 Å². The first-order chi connectivity index (χ1) is 31.4. The van der Waals surface area contributed by atoms with E-state index >= 15 is 0 Å². The van der Waals surface area contributed by atoms with Crippen LogP contribution >= 0.6 is 11.6 Å². The Morgan fingerprint density at radius 3 is 1.39 bits per heavy atom. The van der Waals surface area contributed by atoms with Crippen LogP contribution in [0, 0.1) is 0 Å². The Bertz CT molecular complexity index is 2610. The SMILES string of the molecule is CCCCCCCCCCCCS(=O)(=O)c1ccc2nn(-c3cc(OCCCC)cc(C(C)(C)C)c3O)nc2c1.CCCCOc1cc(-n2nc3ccc(Cl)cc3n2)c(O)c(C(C)(C)C)c1. The van der Waals surface area contributed by atoms with Crippen LogP contribution in [0.3, 0.4) is 0 Å². The maximum absolute atomic E-state index is 13.1. The number of phenolic OH excluding ortho intramolecular Hbond substituents is 2. The van der Waals surface area contributed by atoms with E-state index in [0.29, 0.717) is 69.6 Å². The molecule has 0 radical (unpaired) electrons. The van der Waals surface area contributed by atoms with Crippen LogP contribution in [0.2, 0.25) is 5.02 Å². The van der Waals surface area contributed by atoms with Crippen LogP contribution in [0.25, 0.3) is 33.4 Å². The van der Waals surface area contributed by atoms with Gasteiger partial charge in [-0.05, 0) is 78.6 Å². The van der Waals surface area contributed by atoms with Crippen molar-refractivity contribution in [1.29, 1.82) is 0 Å². The molecule has 0 atom stereocenters. The largest absolute Gasteiger partial charge is 0.505 e. The van der Waals surface area contributed by atoms with Crippen LogP contribution in [0.15, 0.2) is 65.6 Å². The van der Waals surface area contributed by atoms with Crippen LogP contribution in [0.5, 0.6) is 23.0 Å². The number of aromatic hydroxyl groups is 2. The lowest BCUT2D eigenvalue weighted by Gasteiger charge is -2.23. The van der Waals surface area contributed by atoms with Gasteiger partial charge in [-0.2, -0.15) is 0 Å². The van der Waals surface area contributed by atoms with Crippen LogP contribution in [0.4, 0.5) is 0 Å². The molecule has 2 heterocycles. The summed E-state index contributed by atoms with van der Waals surface area (Å²) in [7, 11) is -3.42. The molecule has 0 aliphatic carbocycles. The van der Waals surface area contributed by atoms with Crippen LogP contribution in [-0.4, -0.2) is 67.6 Å². The van der Waals surface area contributed by atoms with E-state index < -0.39 is 9.84 Å². The fourth-order valence-electron chi connectivity index (χ4n) is 7.56. The monoisotopic (exact) mass is 945 g/mol. The molecule has 360 valence electrons. The Morgan fingerprint density at radius 1 is 0.530 bits per heavy atom. The predicted molar refractivity (Wildman–Crippen MR) is 268 cm³/mol. The molecule has 6 rings (SSSR count). The number of ether oxygens (including phenoxy) is 2. The van der Waals surface area contributed by atoms with Gasteiger partial charge in [-0.25, -0.2) is 8.42 Å². The number of sulfone groups is 1. The smallest absolute Gasteiger partial charge is 0.178 e. The standard InChI is InChI=1S/C32H49N3O4S.C20H24ClN3O2/c1-6-8-10-11-12-13-14-15-16-17-21-40(37,38)26-18-19-28-29(24-26)34-35(33-28)30-23-25(39-20-9-7-2)22-27(31(30)36)32(3,4)5;1-5-6-9-26-14-11-15(20(2,3)4)19(25)18(12-14)24-22-16-8-7-13(21)10-17(16)23-24/h18-19,22-24,36H,6-17,20-21H2,1-5H3;7-8,10-12,25H,5-6,9H2,1-4H3. The second-order valence-corrected chi connectivity index (χ2v) is 21.9. The number of phenols is 2. The first-order valence-electron chi connectivity index (χ1n) is 24.0. The maximum atomic E-state index is 13.1. The molecule has 0 spiro atoms. The van der Waals surface area contributed by atoms with Crippen LogP contribution in [0.1, 0.15) is 163 Å². The minimum atomic E-state index is -3.42. The molecular formula is C52H73ClN6O6S. The molecule has 6 aromatic rings. The van der Waals surface area contributed by atoms with E-state index in [1.807, 2.05) is 39.0 Å². The summed E-state index contributed by atoms with van der Waals surface area (Å²) in [6.45, 7) is 19.9. The second kappa shape index (κ2) is 23.7. The summed E-state index contributed by atoms with van der Waals surface area (Å²) in [4.78, 5) is 3.08. The first-order valence-corrected chi connectivity index (χ1v) is 26.0. The number of aromatic nitrogens is 6. The Balaban J connectivity index is 0.000000270. The lowest BCUT2D eigenvalue weighted by atomic mass is 9.86. The number of fused-ring (bicyclic) bond motifs is 2. The van der Waals surface area contributed by atoms with E-state index in [9.17, 15) is 18.6 Å². The number of hydrogen-bond donors (Lipinski definition) is 2. The van der Waals surface area contributed by atoms with Crippen molar-refractivity contribution >= 4 is 43.5 Å². The number of hydrogen-bond acceptors (Lipinski definition) is 10. The molecule has 0 bridgehead atoms. The minimum absolute atomic E-state index is 0.0875. The van der Waals surface area contributed by atoms with E-state index in [1.54, 1.807) is 42.5 Å². The summed E-state index contributed by atoms with van der Waals surface area (Å²) in [6.07, 6.45) is 15.6. The van der Waals surface area contributed by atoms with Crippen LogP contribution < -0.4 is 9.47 Å². The minimum Gasteiger partial charge on any atom is -0.505 e. The average Bonchev–Trinajstić information content (AvgIpc) is 3.89. The highest BCUT2D eigenvalue weighted by Gasteiger charge is 2.26. The van der Waals surface area contributed by atoms with Crippen molar-refractivity contribution in [3.05, 3.63) is 76.8 Å². The summed E-state index contributed by atoms with van der Waals surface area (Å²) in [5.74, 6) is 1.73. The Hall–Kier alpha value is -4.88. The third kappa shape index (κ3) is 14.3. The zero-order valence-electron chi connectivity index (χ0n) is 40.8. The molecule has 0 aliphatic rings. The molecule has 0 unspecified atom stereocenters. The van der Waals surface area contributed by atoms with Gasteiger partial charge in [-0.1, -0.05) is 145 Å². The average molecular weight is 946 g/mol. The quantitative estimate of drug-likeness (QED) is 0.0629. The molecule has 0 saturated carbocycles. The van der Waals surface area contributed by atoms with Gasteiger partial charge in [0.2, 0.25) is 0 Å². The summed E-state index contributed by atoms with van der Waals surface area (Å²) in [5, 5.41) is 40.7. The Kier molecular flexibility index (Phi) is 18.7. The fourth-order valence-corrected chi connectivity index (χ4v) is 9.11. The van der Waals surface area contributed by atoms with Gasteiger partial charge in [0, 0.05) is 28.3 Å². The molecule has 14 heteroatoms. The van der Waals surface area contributed by atoms with Gasteiger partial charge in [0.25, 0.3) is 0 Å². The fraction of sp³-hybridized carbons (Fsp3) is 0.538. The van der Waals surface area contributed by atoms with Crippen molar-refractivity contribution in [3.63, 3.8) is 0 Å². The van der Waals surface area contributed by atoms with Crippen molar-refractivity contribution in [2.45, 2.75) is 168 Å². The van der Waals surface area contributed by atoms with Gasteiger partial charge < -0.3 is 19.7 Å². The van der Waals surface area contributed by atoms with Gasteiger partial charge in [0.15, 0.2) is 9.84 Å². The molecule has 0 saturated heterocycles. The number of halogens is 1. The summed E-state index contributed by atoms with van der Waals surface area (Å²) in [5.41, 5.74) is 4.27. The van der Waals surface area contributed by atoms with E-state index in [0.717, 1.165) is 49.7 Å². The number of rotatable bonds is 22. The second-order valence-electron chi connectivity index (χ2n) is 19.3. The maximum Gasteiger partial charge on any atom is 0.178 e. The third-order valence-corrected chi connectivity index (χ3v) is 13.6. The summed E-state index contributed by atoms with van der Waals surface area (Å²) in [6, 6.07) is 17.5. The van der Waals surface area contributed by atoms with Crippen molar-refractivity contribution in [2.75, 3.05) is 19.0 Å². The first kappa shape index (κ1) is 52.1. The molecule has 4 aromatic carbocycles. The van der Waals surface area contributed by atoms with Gasteiger partial charge >= 0.3 is 0 Å². The van der Waals surface area contributed by atoms with Crippen molar-refractivity contribution < 1.29 is 28.1 Å². The number of unbranched alkanes of at least 4 members (excludes halogenated alkanes) is 11. The Morgan fingerprint density at radius 2 is 0.939 bits per heavy atom. The van der Waals surface area contributed by atoms with Crippen molar-refractivity contribution in [3.8, 4) is 34.4 Å². The molecule has 66 heavy (non-hydrogen) atoms. The molecular weight excluding hydrogens is 872 g/mol. The third-order valence-electron chi connectivity index (χ3n) is 11.5. The van der Waals surface area contributed by atoms with Gasteiger partial charge in [0.05, 0.1) is 23.9 Å². The molecule has 2 aromatic heterocycles. The summed E-state index contributed by atoms with van der Waals surface area (Å²) >= 11 is 6.04. The zero-order valence-corrected chi connectivity index (χ0v) is 42.4. The number of benzene rings is 4. The predicted octanol–water partition coefficient (Wildman–Crippen LogP) is 13.6. The zero-order chi connectivity index (χ0) is 48.1. The highest BCUT2D eigenvalue weighted by Crippen LogP contribution is 2.40. The molecule has 0 fully saturated rings. The lowest BCUT2D eigenvalue weighted by Crippen LogP contribution is -2.14. The van der Waals surface area contributed by atoms with Crippen LogP contribution in [-0.2, 0) is 20.7 Å². The highest BCUT2D eigenvalue weighted by atomic mass is 35.5. The normalized spacial score (nSPS) is 12.2. The van der Waals surface area contributed by atoms with Gasteiger partial charge in [0.1, 0.15) is 56.4 Å². The van der Waals surface area contributed by atoms with Crippen molar-refractivity contribution in [2.24, 2.45) is 0 Å². The molecule has 12 nitrogen and oxygen atoms in total. The molecule has 0 amide bonds. The van der Waals surface area contributed by atoms with Crippen molar-refractivity contribution in [1.82, 2.24) is 30.0 Å².